The minimum absolute atomic E-state index is 0.0391. The van der Waals surface area contributed by atoms with Crippen LogP contribution in [0, 0.1) is 11.7 Å². The summed E-state index contributed by atoms with van der Waals surface area (Å²) in [5.41, 5.74) is -2.11. The summed E-state index contributed by atoms with van der Waals surface area (Å²) in [5.74, 6) is -4.85. The number of rotatable bonds is 3. The lowest BCUT2D eigenvalue weighted by Crippen LogP contribution is -2.50. The number of hydrogen-bond donors (Lipinski definition) is 1. The Morgan fingerprint density at radius 1 is 1.38 bits per heavy atom. The molecule has 1 N–H and O–H groups in total. The smallest absolute Gasteiger partial charge is 0.417 e. The zero-order valence-corrected chi connectivity index (χ0v) is 12.8. The molecule has 2 rings (SSSR count). The minimum atomic E-state index is -4.83. The van der Waals surface area contributed by atoms with Gasteiger partial charge < -0.3 is 10.1 Å². The van der Waals surface area contributed by atoms with Crippen LogP contribution in [0.25, 0.3) is 0 Å². The SMILES string of the molecule is CCOC(=O)C1C(=O)N=C(c2c(F)cccc2C(F)(F)F)NC1C. The van der Waals surface area contributed by atoms with Crippen LogP contribution < -0.4 is 5.32 Å². The number of amidine groups is 1. The highest BCUT2D eigenvalue weighted by atomic mass is 19.4. The first-order chi connectivity index (χ1) is 11.2. The second kappa shape index (κ2) is 6.58. The Morgan fingerprint density at radius 2 is 2.04 bits per heavy atom. The van der Waals surface area contributed by atoms with Crippen LogP contribution in [-0.4, -0.2) is 30.4 Å². The molecule has 1 aliphatic heterocycles. The third-order valence-electron chi connectivity index (χ3n) is 3.45. The number of hydrogen-bond acceptors (Lipinski definition) is 4. The topological polar surface area (TPSA) is 67.8 Å². The monoisotopic (exact) mass is 346 g/mol. The van der Waals surface area contributed by atoms with Crippen molar-refractivity contribution in [2.75, 3.05) is 6.61 Å². The van der Waals surface area contributed by atoms with Crippen LogP contribution >= 0.6 is 0 Å². The zero-order chi connectivity index (χ0) is 18.1. The van der Waals surface area contributed by atoms with E-state index < -0.39 is 52.8 Å². The van der Waals surface area contributed by atoms with E-state index in [1.165, 1.54) is 6.92 Å². The quantitative estimate of drug-likeness (QED) is 0.518. The molecular formula is C15H14F4N2O3. The van der Waals surface area contributed by atoms with E-state index in [-0.39, 0.29) is 6.61 Å². The Kier molecular flexibility index (Phi) is 4.91. The maximum atomic E-state index is 14.0. The second-order valence-corrected chi connectivity index (χ2v) is 5.12. The molecule has 1 amide bonds. The van der Waals surface area contributed by atoms with Crippen molar-refractivity contribution in [3.05, 3.63) is 35.1 Å². The average Bonchev–Trinajstić information content (AvgIpc) is 2.45. The first-order valence-corrected chi connectivity index (χ1v) is 7.08. The summed E-state index contributed by atoms with van der Waals surface area (Å²) >= 11 is 0. The summed E-state index contributed by atoms with van der Waals surface area (Å²) in [6.07, 6.45) is -4.83. The third-order valence-corrected chi connectivity index (χ3v) is 3.45. The predicted molar refractivity (Wildman–Crippen MR) is 75.7 cm³/mol. The molecule has 5 nitrogen and oxygen atoms in total. The molecule has 1 heterocycles. The summed E-state index contributed by atoms with van der Waals surface area (Å²) in [6, 6.07) is 1.54. The first kappa shape index (κ1) is 17.9. The molecule has 0 fully saturated rings. The van der Waals surface area contributed by atoms with E-state index in [1.54, 1.807) is 6.92 Å². The molecule has 0 aromatic heterocycles. The lowest BCUT2D eigenvalue weighted by Gasteiger charge is -2.28. The van der Waals surface area contributed by atoms with Gasteiger partial charge in [0.1, 0.15) is 11.7 Å². The number of ether oxygens (including phenoxy) is 1. The van der Waals surface area contributed by atoms with E-state index in [9.17, 15) is 27.2 Å². The van der Waals surface area contributed by atoms with E-state index in [1.807, 2.05) is 0 Å². The number of nitrogens with one attached hydrogen (secondary N) is 1. The largest absolute Gasteiger partial charge is 0.465 e. The van der Waals surface area contributed by atoms with Gasteiger partial charge in [0.15, 0.2) is 5.92 Å². The normalized spacial score (nSPS) is 21.1. The molecule has 0 radical (unpaired) electrons. The van der Waals surface area contributed by atoms with E-state index in [2.05, 4.69) is 10.3 Å². The molecule has 0 saturated heterocycles. The van der Waals surface area contributed by atoms with Crippen LogP contribution in [0.4, 0.5) is 17.6 Å². The molecule has 1 aliphatic rings. The van der Waals surface area contributed by atoms with Crippen LogP contribution in [0.2, 0.25) is 0 Å². The minimum Gasteiger partial charge on any atom is -0.465 e. The lowest BCUT2D eigenvalue weighted by atomic mass is 9.96. The highest BCUT2D eigenvalue weighted by Gasteiger charge is 2.41. The van der Waals surface area contributed by atoms with E-state index in [0.717, 1.165) is 12.1 Å². The fourth-order valence-corrected chi connectivity index (χ4v) is 2.39. The molecule has 0 spiro atoms. The molecule has 1 aromatic rings. The average molecular weight is 346 g/mol. The van der Waals surface area contributed by atoms with Gasteiger partial charge in [-0.05, 0) is 26.0 Å². The van der Waals surface area contributed by atoms with Crippen LogP contribution in [0.15, 0.2) is 23.2 Å². The molecule has 24 heavy (non-hydrogen) atoms. The number of benzene rings is 1. The Morgan fingerprint density at radius 3 is 2.58 bits per heavy atom. The fourth-order valence-electron chi connectivity index (χ4n) is 2.39. The van der Waals surface area contributed by atoms with Gasteiger partial charge in [-0.15, -0.1) is 0 Å². The Labute approximate surface area is 134 Å². The number of alkyl halides is 3. The number of halogens is 4. The van der Waals surface area contributed by atoms with Crippen molar-refractivity contribution in [3.63, 3.8) is 0 Å². The van der Waals surface area contributed by atoms with Gasteiger partial charge in [-0.1, -0.05) is 6.07 Å². The van der Waals surface area contributed by atoms with Crippen LogP contribution in [0.5, 0.6) is 0 Å². The van der Waals surface area contributed by atoms with Gasteiger partial charge in [-0.3, -0.25) is 9.59 Å². The Balaban J connectivity index is 2.48. The van der Waals surface area contributed by atoms with E-state index in [4.69, 9.17) is 4.74 Å². The highest BCUT2D eigenvalue weighted by Crippen LogP contribution is 2.33. The first-order valence-electron chi connectivity index (χ1n) is 7.08. The van der Waals surface area contributed by atoms with Gasteiger partial charge >= 0.3 is 12.1 Å². The molecule has 1 aromatic carbocycles. The molecule has 0 aliphatic carbocycles. The zero-order valence-electron chi connectivity index (χ0n) is 12.8. The Bertz CT molecular complexity index is 700. The van der Waals surface area contributed by atoms with Gasteiger partial charge in [-0.2, -0.15) is 18.2 Å². The molecule has 2 atom stereocenters. The summed E-state index contributed by atoms with van der Waals surface area (Å²) in [4.78, 5) is 27.2. The van der Waals surface area contributed by atoms with Crippen molar-refractivity contribution in [1.82, 2.24) is 5.32 Å². The molecule has 0 saturated carbocycles. The molecule has 0 bridgehead atoms. The number of aliphatic imine (C=N–C) groups is 1. The van der Waals surface area contributed by atoms with Crippen LogP contribution in [0.1, 0.15) is 25.0 Å². The van der Waals surface area contributed by atoms with Gasteiger partial charge in [0, 0.05) is 6.04 Å². The van der Waals surface area contributed by atoms with Crippen molar-refractivity contribution in [3.8, 4) is 0 Å². The molecular weight excluding hydrogens is 332 g/mol. The second-order valence-electron chi connectivity index (χ2n) is 5.12. The fraction of sp³-hybridized carbons (Fsp3) is 0.400. The van der Waals surface area contributed by atoms with Crippen molar-refractivity contribution < 1.29 is 31.9 Å². The highest BCUT2D eigenvalue weighted by molar-refractivity contribution is 6.12. The van der Waals surface area contributed by atoms with Crippen molar-refractivity contribution in [1.29, 1.82) is 0 Å². The van der Waals surface area contributed by atoms with Crippen LogP contribution in [-0.2, 0) is 20.5 Å². The molecule has 130 valence electrons. The number of esters is 1. The molecule has 2 unspecified atom stereocenters. The summed E-state index contributed by atoms with van der Waals surface area (Å²) in [6.45, 7) is 2.99. The van der Waals surface area contributed by atoms with Gasteiger partial charge in [0.2, 0.25) is 0 Å². The predicted octanol–water partition coefficient (Wildman–Crippen LogP) is 2.29. The van der Waals surface area contributed by atoms with Crippen molar-refractivity contribution in [2.45, 2.75) is 26.1 Å². The third kappa shape index (κ3) is 3.39. The van der Waals surface area contributed by atoms with Gasteiger partial charge in [0.05, 0.1) is 17.7 Å². The number of nitrogens with zero attached hydrogens (tertiary/aromatic N) is 1. The Hall–Kier alpha value is -2.45. The summed E-state index contributed by atoms with van der Waals surface area (Å²) in [5, 5.41) is 2.49. The summed E-state index contributed by atoms with van der Waals surface area (Å²) < 4.78 is 57.9. The summed E-state index contributed by atoms with van der Waals surface area (Å²) in [7, 11) is 0. The number of carbonyl (C=O) groups is 2. The van der Waals surface area contributed by atoms with E-state index in [0.29, 0.717) is 6.07 Å². The van der Waals surface area contributed by atoms with Crippen molar-refractivity contribution >= 4 is 17.7 Å². The maximum absolute atomic E-state index is 14.0. The standard InChI is InChI=1S/C15H14F4N2O3/c1-3-24-14(23)10-7(2)20-12(21-13(10)22)11-8(15(17,18)19)5-4-6-9(11)16/h4-7,10H,3H2,1-2H3,(H,20,21,22). The van der Waals surface area contributed by atoms with Crippen LogP contribution in [0.3, 0.4) is 0 Å². The number of amides is 1. The van der Waals surface area contributed by atoms with Crippen molar-refractivity contribution in [2.24, 2.45) is 10.9 Å². The van der Waals surface area contributed by atoms with E-state index >= 15 is 0 Å². The molecule has 9 heteroatoms. The lowest BCUT2D eigenvalue weighted by molar-refractivity contribution is -0.152. The van der Waals surface area contributed by atoms with Gasteiger partial charge in [0.25, 0.3) is 5.91 Å². The number of carbonyl (C=O) groups excluding carboxylic acids is 2. The maximum Gasteiger partial charge on any atom is 0.417 e. The van der Waals surface area contributed by atoms with Gasteiger partial charge in [-0.25, -0.2) is 4.39 Å².